The summed E-state index contributed by atoms with van der Waals surface area (Å²) in [4.78, 5) is 37.5. The van der Waals surface area contributed by atoms with Crippen molar-refractivity contribution in [3.63, 3.8) is 0 Å². The van der Waals surface area contributed by atoms with Crippen molar-refractivity contribution in [1.82, 2.24) is 0 Å². The summed E-state index contributed by atoms with van der Waals surface area (Å²) in [5.41, 5.74) is 0. The first-order valence-corrected chi connectivity index (χ1v) is 21.3. The average Bonchev–Trinajstić information content (AvgIpc) is 3.08. The van der Waals surface area contributed by atoms with Crippen LogP contribution in [0.5, 0.6) is 0 Å². The van der Waals surface area contributed by atoms with Crippen LogP contribution in [0.15, 0.2) is 0 Å². The maximum Gasteiger partial charge on any atom is 0.306 e. The molecule has 0 aliphatic rings. The zero-order valence-electron chi connectivity index (χ0n) is 33.3. The second-order valence-electron chi connectivity index (χ2n) is 15.3. The van der Waals surface area contributed by atoms with Gasteiger partial charge < -0.3 is 14.2 Å². The molecule has 0 N–H and O–H groups in total. The van der Waals surface area contributed by atoms with Crippen molar-refractivity contribution in [2.24, 2.45) is 11.8 Å². The molecule has 0 amide bonds. The smallest absolute Gasteiger partial charge is 0.306 e. The molecule has 1 unspecified atom stereocenters. The van der Waals surface area contributed by atoms with Crippen molar-refractivity contribution in [2.75, 3.05) is 13.2 Å². The fourth-order valence-electron chi connectivity index (χ4n) is 6.19. The SMILES string of the molecule is CCCCCCCCCC(=O)OC[C@@H](COC(=O)CCCCCCCCC(C)CC)OC(=O)CCCCCCCCCCCCCC(C)C. The van der Waals surface area contributed by atoms with E-state index >= 15 is 0 Å². The number of carbonyl (C=O) groups is 3. The fraction of sp³-hybridized carbons (Fsp3) is 0.930. The summed E-state index contributed by atoms with van der Waals surface area (Å²) in [6, 6.07) is 0. The molecule has 0 aromatic heterocycles. The Labute approximate surface area is 304 Å². The highest BCUT2D eigenvalue weighted by Gasteiger charge is 2.19. The zero-order valence-corrected chi connectivity index (χ0v) is 33.3. The van der Waals surface area contributed by atoms with E-state index in [9.17, 15) is 14.4 Å². The third-order valence-corrected chi connectivity index (χ3v) is 9.83. The molecule has 0 saturated heterocycles. The maximum absolute atomic E-state index is 12.7. The molecule has 0 aromatic carbocycles. The third-order valence-electron chi connectivity index (χ3n) is 9.83. The van der Waals surface area contributed by atoms with Crippen molar-refractivity contribution >= 4 is 17.9 Å². The fourth-order valence-corrected chi connectivity index (χ4v) is 6.19. The standard InChI is InChI=1S/C43H82O6/c1-6-8-9-10-16-23-28-33-41(44)47-36-40(37-48-42(45)34-29-24-20-19-22-27-32-39(5)7-2)49-43(46)35-30-25-18-15-13-11-12-14-17-21-26-31-38(3)4/h38-40H,6-37H2,1-5H3/t39?,40-/m0/s1. The van der Waals surface area contributed by atoms with Crippen molar-refractivity contribution in [2.45, 2.75) is 233 Å². The maximum atomic E-state index is 12.7. The lowest BCUT2D eigenvalue weighted by molar-refractivity contribution is -0.167. The van der Waals surface area contributed by atoms with Crippen LogP contribution in [-0.2, 0) is 28.6 Å². The van der Waals surface area contributed by atoms with E-state index in [1.165, 1.54) is 116 Å². The van der Waals surface area contributed by atoms with Crippen LogP contribution in [-0.4, -0.2) is 37.2 Å². The van der Waals surface area contributed by atoms with E-state index in [1.807, 2.05) is 0 Å². The van der Waals surface area contributed by atoms with Crippen molar-refractivity contribution in [3.8, 4) is 0 Å². The van der Waals surface area contributed by atoms with Crippen LogP contribution >= 0.6 is 0 Å². The Morgan fingerprint density at radius 2 is 0.776 bits per heavy atom. The molecular weight excluding hydrogens is 612 g/mol. The van der Waals surface area contributed by atoms with Gasteiger partial charge in [-0.25, -0.2) is 0 Å². The Morgan fingerprint density at radius 3 is 1.16 bits per heavy atom. The van der Waals surface area contributed by atoms with Gasteiger partial charge in [0.2, 0.25) is 0 Å². The molecule has 0 fully saturated rings. The van der Waals surface area contributed by atoms with Crippen LogP contribution in [0.2, 0.25) is 0 Å². The first-order chi connectivity index (χ1) is 23.8. The van der Waals surface area contributed by atoms with Crippen molar-refractivity contribution in [3.05, 3.63) is 0 Å². The highest BCUT2D eigenvalue weighted by molar-refractivity contribution is 5.71. The molecule has 49 heavy (non-hydrogen) atoms. The van der Waals surface area contributed by atoms with E-state index in [4.69, 9.17) is 14.2 Å². The van der Waals surface area contributed by atoms with E-state index in [0.717, 1.165) is 69.6 Å². The molecular formula is C43H82O6. The van der Waals surface area contributed by atoms with Crippen LogP contribution in [0.3, 0.4) is 0 Å². The third kappa shape index (κ3) is 36.0. The van der Waals surface area contributed by atoms with Gasteiger partial charge in [0.15, 0.2) is 6.10 Å². The van der Waals surface area contributed by atoms with Crippen LogP contribution in [0.4, 0.5) is 0 Å². The number of rotatable bonds is 37. The minimum atomic E-state index is -0.759. The van der Waals surface area contributed by atoms with Gasteiger partial charge in [-0.15, -0.1) is 0 Å². The van der Waals surface area contributed by atoms with Gasteiger partial charge in [-0.05, 0) is 31.1 Å². The Balaban J connectivity index is 4.31. The molecule has 0 aromatic rings. The lowest BCUT2D eigenvalue weighted by atomic mass is 10.00. The van der Waals surface area contributed by atoms with Crippen LogP contribution in [0.1, 0.15) is 227 Å². The van der Waals surface area contributed by atoms with E-state index in [1.54, 1.807) is 0 Å². The second kappa shape index (κ2) is 36.2. The Bertz CT molecular complexity index is 751. The van der Waals surface area contributed by atoms with Crippen LogP contribution < -0.4 is 0 Å². The summed E-state index contributed by atoms with van der Waals surface area (Å²) in [7, 11) is 0. The molecule has 0 rings (SSSR count). The summed E-state index contributed by atoms with van der Waals surface area (Å²) >= 11 is 0. The molecule has 0 aliphatic heterocycles. The Hall–Kier alpha value is -1.59. The molecule has 6 nitrogen and oxygen atoms in total. The lowest BCUT2D eigenvalue weighted by Gasteiger charge is -2.18. The minimum Gasteiger partial charge on any atom is -0.462 e. The largest absolute Gasteiger partial charge is 0.462 e. The Morgan fingerprint density at radius 1 is 0.429 bits per heavy atom. The molecule has 2 atom stereocenters. The highest BCUT2D eigenvalue weighted by Crippen LogP contribution is 2.16. The minimum absolute atomic E-state index is 0.0667. The van der Waals surface area contributed by atoms with Crippen LogP contribution in [0, 0.1) is 11.8 Å². The van der Waals surface area contributed by atoms with Gasteiger partial charge >= 0.3 is 17.9 Å². The molecule has 290 valence electrons. The van der Waals surface area contributed by atoms with Gasteiger partial charge in [0.1, 0.15) is 13.2 Å². The summed E-state index contributed by atoms with van der Waals surface area (Å²) in [6.45, 7) is 11.3. The predicted molar refractivity (Wildman–Crippen MR) is 206 cm³/mol. The highest BCUT2D eigenvalue weighted by atomic mass is 16.6. The topological polar surface area (TPSA) is 78.9 Å². The predicted octanol–water partition coefficient (Wildman–Crippen LogP) is 13.0. The summed E-state index contributed by atoms with van der Waals surface area (Å²) in [5, 5.41) is 0. The molecule has 0 bridgehead atoms. The number of carbonyl (C=O) groups excluding carboxylic acids is 3. The van der Waals surface area contributed by atoms with Crippen molar-refractivity contribution < 1.29 is 28.6 Å². The summed E-state index contributed by atoms with van der Waals surface area (Å²) in [5.74, 6) is 0.769. The second-order valence-corrected chi connectivity index (χ2v) is 15.3. The monoisotopic (exact) mass is 695 g/mol. The quantitative estimate of drug-likeness (QED) is 0.0366. The van der Waals surface area contributed by atoms with Gasteiger partial charge in [0.25, 0.3) is 0 Å². The molecule has 0 aliphatic carbocycles. The van der Waals surface area contributed by atoms with Gasteiger partial charge in [-0.1, -0.05) is 189 Å². The van der Waals surface area contributed by atoms with Gasteiger partial charge in [0.05, 0.1) is 0 Å². The number of unbranched alkanes of at least 4 members (excludes halogenated alkanes) is 21. The van der Waals surface area contributed by atoms with E-state index < -0.39 is 6.10 Å². The van der Waals surface area contributed by atoms with Gasteiger partial charge in [-0.3, -0.25) is 14.4 Å². The van der Waals surface area contributed by atoms with Crippen molar-refractivity contribution in [1.29, 1.82) is 0 Å². The first-order valence-electron chi connectivity index (χ1n) is 21.3. The first kappa shape index (κ1) is 47.4. The van der Waals surface area contributed by atoms with Gasteiger partial charge in [0, 0.05) is 19.3 Å². The molecule has 0 saturated carbocycles. The normalized spacial score (nSPS) is 12.6. The average molecular weight is 695 g/mol. The molecule has 0 heterocycles. The number of esters is 3. The zero-order chi connectivity index (χ0) is 36.2. The molecule has 0 spiro atoms. The number of hydrogen-bond donors (Lipinski definition) is 0. The van der Waals surface area contributed by atoms with E-state index in [-0.39, 0.29) is 31.1 Å². The Kier molecular flexibility index (Phi) is 35.0. The molecule has 6 heteroatoms. The lowest BCUT2D eigenvalue weighted by Crippen LogP contribution is -2.30. The van der Waals surface area contributed by atoms with Gasteiger partial charge in [-0.2, -0.15) is 0 Å². The number of ether oxygens (including phenoxy) is 3. The van der Waals surface area contributed by atoms with E-state index in [0.29, 0.717) is 19.3 Å². The number of hydrogen-bond acceptors (Lipinski definition) is 6. The van der Waals surface area contributed by atoms with Crippen LogP contribution in [0.25, 0.3) is 0 Å². The molecule has 0 radical (unpaired) electrons. The summed E-state index contributed by atoms with van der Waals surface area (Å²) in [6.07, 6.45) is 32.4. The van der Waals surface area contributed by atoms with E-state index in [2.05, 4.69) is 34.6 Å². The summed E-state index contributed by atoms with van der Waals surface area (Å²) < 4.78 is 16.6.